The molecule has 1 heterocycles. The van der Waals surface area contributed by atoms with Crippen LogP contribution in [-0.2, 0) is 9.53 Å². The lowest BCUT2D eigenvalue weighted by atomic mass is 10.0. The molecule has 0 bridgehead atoms. The molecule has 0 unspecified atom stereocenters. The van der Waals surface area contributed by atoms with E-state index in [9.17, 15) is 4.79 Å². The maximum atomic E-state index is 11.9. The summed E-state index contributed by atoms with van der Waals surface area (Å²) in [4.78, 5) is 14.2. The first-order valence-electron chi connectivity index (χ1n) is 8.11. The average Bonchev–Trinajstić information content (AvgIpc) is 2.59. The van der Waals surface area contributed by atoms with Gasteiger partial charge in [0.2, 0.25) is 5.91 Å². The number of hydrogen-bond donors (Lipinski definition) is 2. The van der Waals surface area contributed by atoms with Gasteiger partial charge >= 0.3 is 0 Å². The standard InChI is InChI=1S/C17H27N3O3/c1-22-12-9-18-13-17(21)19-14-7-10-20(11-8-14)15-5-3-4-6-16(15)23-2/h3-6,14,18H,7-13H2,1-2H3,(H,19,21). The number of amides is 1. The second kappa shape index (κ2) is 9.37. The molecular formula is C17H27N3O3. The molecule has 1 aliphatic heterocycles. The van der Waals surface area contributed by atoms with Gasteiger partial charge in [0.1, 0.15) is 5.75 Å². The van der Waals surface area contributed by atoms with E-state index in [0.717, 1.165) is 37.4 Å². The van der Waals surface area contributed by atoms with Crippen molar-refractivity contribution in [3.63, 3.8) is 0 Å². The van der Waals surface area contributed by atoms with Crippen molar-refractivity contribution in [3.8, 4) is 5.75 Å². The van der Waals surface area contributed by atoms with Crippen LogP contribution in [0.1, 0.15) is 12.8 Å². The first kappa shape index (κ1) is 17.6. The van der Waals surface area contributed by atoms with Crippen LogP contribution in [0.25, 0.3) is 0 Å². The Balaban J connectivity index is 1.74. The number of rotatable bonds is 8. The van der Waals surface area contributed by atoms with Crippen LogP contribution in [0.2, 0.25) is 0 Å². The third kappa shape index (κ3) is 5.41. The average molecular weight is 321 g/mol. The first-order chi connectivity index (χ1) is 11.2. The maximum absolute atomic E-state index is 11.9. The van der Waals surface area contributed by atoms with Crippen LogP contribution < -0.4 is 20.3 Å². The summed E-state index contributed by atoms with van der Waals surface area (Å²) in [7, 11) is 3.35. The summed E-state index contributed by atoms with van der Waals surface area (Å²) in [6.07, 6.45) is 1.89. The Bertz CT molecular complexity index is 488. The predicted molar refractivity (Wildman–Crippen MR) is 91.1 cm³/mol. The van der Waals surface area contributed by atoms with Gasteiger partial charge in [0.25, 0.3) is 0 Å². The monoisotopic (exact) mass is 321 g/mol. The Labute approximate surface area is 138 Å². The van der Waals surface area contributed by atoms with E-state index in [1.165, 1.54) is 0 Å². The van der Waals surface area contributed by atoms with Gasteiger partial charge < -0.3 is 25.0 Å². The summed E-state index contributed by atoms with van der Waals surface area (Å²) in [5.41, 5.74) is 1.13. The Hall–Kier alpha value is -1.79. The Morgan fingerprint density at radius 1 is 1.26 bits per heavy atom. The highest BCUT2D eigenvalue weighted by Gasteiger charge is 2.22. The van der Waals surface area contributed by atoms with Gasteiger partial charge in [0, 0.05) is 32.8 Å². The van der Waals surface area contributed by atoms with Crippen molar-refractivity contribution < 1.29 is 14.3 Å². The van der Waals surface area contributed by atoms with E-state index in [-0.39, 0.29) is 11.9 Å². The molecule has 0 aromatic heterocycles. The van der Waals surface area contributed by atoms with Crippen molar-refractivity contribution in [2.24, 2.45) is 0 Å². The summed E-state index contributed by atoms with van der Waals surface area (Å²) in [5, 5.41) is 6.16. The number of carbonyl (C=O) groups excluding carboxylic acids is 1. The van der Waals surface area contributed by atoms with E-state index in [1.54, 1.807) is 14.2 Å². The molecule has 23 heavy (non-hydrogen) atoms. The first-order valence-corrected chi connectivity index (χ1v) is 8.11. The summed E-state index contributed by atoms with van der Waals surface area (Å²) >= 11 is 0. The van der Waals surface area contributed by atoms with Crippen molar-refractivity contribution in [1.82, 2.24) is 10.6 Å². The van der Waals surface area contributed by atoms with Gasteiger partial charge in [0.05, 0.1) is 25.9 Å². The van der Waals surface area contributed by atoms with E-state index in [0.29, 0.717) is 19.7 Å². The summed E-state index contributed by atoms with van der Waals surface area (Å²) in [5.74, 6) is 0.953. The minimum Gasteiger partial charge on any atom is -0.495 e. The Morgan fingerprint density at radius 3 is 2.70 bits per heavy atom. The van der Waals surface area contributed by atoms with Crippen LogP contribution in [0.4, 0.5) is 5.69 Å². The predicted octanol–water partition coefficient (Wildman–Crippen LogP) is 1.02. The number of benzene rings is 1. The number of carbonyl (C=O) groups is 1. The molecule has 1 aromatic rings. The lowest BCUT2D eigenvalue weighted by Crippen LogP contribution is -2.47. The van der Waals surface area contributed by atoms with Gasteiger partial charge in [-0.05, 0) is 25.0 Å². The van der Waals surface area contributed by atoms with E-state index >= 15 is 0 Å². The molecule has 0 atom stereocenters. The third-order valence-electron chi connectivity index (χ3n) is 4.05. The molecule has 0 radical (unpaired) electrons. The fourth-order valence-corrected chi connectivity index (χ4v) is 2.81. The highest BCUT2D eigenvalue weighted by Crippen LogP contribution is 2.29. The van der Waals surface area contributed by atoms with Gasteiger partial charge in [-0.15, -0.1) is 0 Å². The molecule has 0 saturated carbocycles. The number of piperidine rings is 1. The number of hydrogen-bond acceptors (Lipinski definition) is 5. The quantitative estimate of drug-likeness (QED) is 0.700. The topological polar surface area (TPSA) is 62.8 Å². The van der Waals surface area contributed by atoms with Crippen LogP contribution in [-0.4, -0.2) is 59.0 Å². The number of ether oxygens (including phenoxy) is 2. The SMILES string of the molecule is COCCNCC(=O)NC1CCN(c2ccccc2OC)CC1. The number of anilines is 1. The van der Waals surface area contributed by atoms with E-state index in [4.69, 9.17) is 9.47 Å². The van der Waals surface area contributed by atoms with Crippen molar-refractivity contribution in [2.45, 2.75) is 18.9 Å². The Kier molecular flexibility index (Phi) is 7.16. The molecular weight excluding hydrogens is 294 g/mol. The fraction of sp³-hybridized carbons (Fsp3) is 0.588. The molecule has 1 fully saturated rings. The second-order valence-electron chi connectivity index (χ2n) is 5.67. The number of methoxy groups -OCH3 is 2. The van der Waals surface area contributed by atoms with Crippen LogP contribution in [0.3, 0.4) is 0 Å². The summed E-state index contributed by atoms with van der Waals surface area (Å²) in [6, 6.07) is 8.31. The van der Waals surface area contributed by atoms with E-state index < -0.39 is 0 Å². The van der Waals surface area contributed by atoms with Crippen molar-refractivity contribution in [3.05, 3.63) is 24.3 Å². The molecule has 0 aliphatic carbocycles. The second-order valence-corrected chi connectivity index (χ2v) is 5.67. The number of nitrogens with zero attached hydrogens (tertiary/aromatic N) is 1. The zero-order valence-corrected chi connectivity index (χ0v) is 14.0. The molecule has 128 valence electrons. The van der Waals surface area contributed by atoms with Gasteiger partial charge in [-0.3, -0.25) is 4.79 Å². The van der Waals surface area contributed by atoms with Crippen LogP contribution in [0, 0.1) is 0 Å². The minimum atomic E-state index is 0.0526. The number of para-hydroxylation sites is 2. The zero-order valence-electron chi connectivity index (χ0n) is 14.0. The highest BCUT2D eigenvalue weighted by atomic mass is 16.5. The normalized spacial score (nSPS) is 15.5. The van der Waals surface area contributed by atoms with E-state index in [1.807, 2.05) is 18.2 Å². The molecule has 1 aromatic carbocycles. The molecule has 6 nitrogen and oxygen atoms in total. The smallest absolute Gasteiger partial charge is 0.234 e. The van der Waals surface area contributed by atoms with Gasteiger partial charge in [-0.25, -0.2) is 0 Å². The third-order valence-corrected chi connectivity index (χ3v) is 4.05. The summed E-state index contributed by atoms with van der Waals surface area (Å²) < 4.78 is 10.4. The molecule has 6 heteroatoms. The molecule has 2 rings (SSSR count). The fourth-order valence-electron chi connectivity index (χ4n) is 2.81. The lowest BCUT2D eigenvalue weighted by Gasteiger charge is -2.34. The van der Waals surface area contributed by atoms with Gasteiger partial charge in [-0.2, -0.15) is 0 Å². The molecule has 2 N–H and O–H groups in total. The van der Waals surface area contributed by atoms with Gasteiger partial charge in [-0.1, -0.05) is 12.1 Å². The molecule has 1 saturated heterocycles. The summed E-state index contributed by atoms with van der Waals surface area (Å²) in [6.45, 7) is 3.49. The van der Waals surface area contributed by atoms with Crippen molar-refractivity contribution in [1.29, 1.82) is 0 Å². The van der Waals surface area contributed by atoms with E-state index in [2.05, 4.69) is 21.6 Å². The Morgan fingerprint density at radius 2 is 2.00 bits per heavy atom. The maximum Gasteiger partial charge on any atom is 0.234 e. The van der Waals surface area contributed by atoms with Crippen LogP contribution >= 0.6 is 0 Å². The molecule has 1 aliphatic rings. The number of nitrogens with one attached hydrogen (secondary N) is 2. The van der Waals surface area contributed by atoms with Crippen LogP contribution in [0.15, 0.2) is 24.3 Å². The molecule has 0 spiro atoms. The van der Waals surface area contributed by atoms with Crippen molar-refractivity contribution in [2.75, 3.05) is 51.9 Å². The highest BCUT2D eigenvalue weighted by molar-refractivity contribution is 5.78. The van der Waals surface area contributed by atoms with Crippen LogP contribution in [0.5, 0.6) is 5.75 Å². The largest absolute Gasteiger partial charge is 0.495 e. The molecule has 1 amide bonds. The van der Waals surface area contributed by atoms with Gasteiger partial charge in [0.15, 0.2) is 0 Å². The van der Waals surface area contributed by atoms with Crippen molar-refractivity contribution >= 4 is 11.6 Å². The minimum absolute atomic E-state index is 0.0526. The lowest BCUT2D eigenvalue weighted by molar-refractivity contribution is -0.121. The zero-order chi connectivity index (χ0) is 16.5.